The predicted molar refractivity (Wildman–Crippen MR) is 151 cm³/mol. The van der Waals surface area contributed by atoms with Crippen LogP contribution in [0.4, 0.5) is 22.0 Å². The molecular weight excluding hydrogens is 609 g/mol. The van der Waals surface area contributed by atoms with E-state index in [0.29, 0.717) is 30.3 Å². The van der Waals surface area contributed by atoms with Crippen molar-refractivity contribution in [1.82, 2.24) is 24.3 Å². The number of alkyl halides is 3. The third-order valence-electron chi connectivity index (χ3n) is 7.92. The van der Waals surface area contributed by atoms with Gasteiger partial charge in [-0.25, -0.2) is 17.2 Å². The maximum absolute atomic E-state index is 14.0. The Morgan fingerprint density at radius 2 is 1.77 bits per heavy atom. The molecule has 1 amide bonds. The zero-order valence-corrected chi connectivity index (χ0v) is 24.7. The Hall–Kier alpha value is -3.40. The van der Waals surface area contributed by atoms with E-state index in [1.165, 1.54) is 16.4 Å². The van der Waals surface area contributed by atoms with Gasteiger partial charge in [-0.1, -0.05) is 6.07 Å². The van der Waals surface area contributed by atoms with Gasteiger partial charge >= 0.3 is 6.18 Å². The van der Waals surface area contributed by atoms with E-state index in [4.69, 9.17) is 0 Å². The van der Waals surface area contributed by atoms with Crippen molar-refractivity contribution in [3.8, 4) is 11.3 Å². The zero-order valence-electron chi connectivity index (χ0n) is 23.9. The Morgan fingerprint density at radius 3 is 2.43 bits per heavy atom. The number of aliphatic hydroxyl groups excluding tert-OH is 1. The number of likely N-dealkylation sites (tertiary alicyclic amines) is 1. The zero-order chi connectivity index (χ0) is 31.8. The molecule has 2 aromatic carbocycles. The normalized spacial score (nSPS) is 17.1. The van der Waals surface area contributed by atoms with Crippen molar-refractivity contribution < 1.29 is 40.3 Å². The highest BCUT2D eigenvalue weighted by atomic mass is 32.2. The fourth-order valence-corrected chi connectivity index (χ4v) is 6.52. The van der Waals surface area contributed by atoms with Crippen molar-refractivity contribution in [2.45, 2.75) is 51.2 Å². The molecule has 1 atom stereocenters. The third-order valence-corrected chi connectivity index (χ3v) is 9.17. The summed E-state index contributed by atoms with van der Waals surface area (Å²) in [6.45, 7) is 1.86. The van der Waals surface area contributed by atoms with Crippen LogP contribution in [0, 0.1) is 11.6 Å². The van der Waals surface area contributed by atoms with E-state index in [1.807, 2.05) is 0 Å². The molecule has 5 rings (SSSR count). The first kappa shape index (κ1) is 32.0. The number of benzene rings is 2. The second-order valence-corrected chi connectivity index (χ2v) is 13.1. The van der Waals surface area contributed by atoms with E-state index in [2.05, 4.69) is 15.3 Å². The first-order valence-electron chi connectivity index (χ1n) is 14.1. The lowest BCUT2D eigenvalue weighted by atomic mass is 9.97. The number of aliphatic hydroxyl groups is 1. The summed E-state index contributed by atoms with van der Waals surface area (Å²) < 4.78 is 96.4. The number of hydrogen-bond donors (Lipinski definition) is 2. The number of fused-ring (bicyclic) bond motifs is 1. The molecule has 238 valence electrons. The van der Waals surface area contributed by atoms with Crippen molar-refractivity contribution in [3.05, 3.63) is 76.0 Å². The molecule has 3 aromatic rings. The summed E-state index contributed by atoms with van der Waals surface area (Å²) in [4.78, 5) is 14.7. The molecule has 0 radical (unpaired) electrons. The molecule has 0 aliphatic carbocycles. The average molecular weight is 642 g/mol. The van der Waals surface area contributed by atoms with Crippen LogP contribution in [-0.2, 0) is 42.3 Å². The van der Waals surface area contributed by atoms with Crippen LogP contribution in [0.15, 0.2) is 36.4 Å². The highest BCUT2D eigenvalue weighted by Crippen LogP contribution is 2.37. The number of hydrogen-bond acceptors (Lipinski definition) is 6. The molecular formula is C29H32F5N5O4S. The average Bonchev–Trinajstić information content (AvgIpc) is 3.59. The van der Waals surface area contributed by atoms with Crippen LogP contribution in [0.3, 0.4) is 0 Å². The molecule has 0 saturated carbocycles. The van der Waals surface area contributed by atoms with Gasteiger partial charge in [0.2, 0.25) is 10.0 Å². The molecule has 1 fully saturated rings. The lowest BCUT2D eigenvalue weighted by Crippen LogP contribution is -2.37. The number of sulfonamides is 1. The van der Waals surface area contributed by atoms with Crippen molar-refractivity contribution in [3.63, 3.8) is 0 Å². The largest absolute Gasteiger partial charge is 0.416 e. The van der Waals surface area contributed by atoms with Crippen LogP contribution >= 0.6 is 0 Å². The molecule has 2 N–H and O–H groups in total. The molecule has 1 unspecified atom stereocenters. The predicted octanol–water partition coefficient (Wildman–Crippen LogP) is 3.55. The fourth-order valence-electron chi connectivity index (χ4n) is 5.73. The molecule has 1 aromatic heterocycles. The van der Waals surface area contributed by atoms with Gasteiger partial charge in [0.15, 0.2) is 11.6 Å². The second kappa shape index (κ2) is 12.5. The molecule has 2 aliphatic rings. The van der Waals surface area contributed by atoms with Crippen LogP contribution in [-0.4, -0.2) is 77.0 Å². The number of aromatic nitrogens is 2. The Balaban J connectivity index is 1.48. The van der Waals surface area contributed by atoms with E-state index in [0.717, 1.165) is 50.4 Å². The van der Waals surface area contributed by atoms with E-state index < -0.39 is 52.0 Å². The highest BCUT2D eigenvalue weighted by Gasteiger charge is 2.35. The topological polar surface area (TPSA) is 108 Å². The van der Waals surface area contributed by atoms with Gasteiger partial charge in [0, 0.05) is 55.0 Å². The molecule has 1 saturated heterocycles. The first-order chi connectivity index (χ1) is 20.7. The number of halogens is 5. The summed E-state index contributed by atoms with van der Waals surface area (Å²) in [7, 11) is -3.59. The number of carbonyl (C=O) groups excluding carboxylic acids is 1. The van der Waals surface area contributed by atoms with E-state index in [9.17, 15) is 40.3 Å². The van der Waals surface area contributed by atoms with Crippen molar-refractivity contribution in [2.75, 3.05) is 32.4 Å². The molecule has 0 spiro atoms. The van der Waals surface area contributed by atoms with Gasteiger partial charge in [-0.05, 0) is 61.8 Å². The highest BCUT2D eigenvalue weighted by molar-refractivity contribution is 7.88. The molecule has 0 bridgehead atoms. The van der Waals surface area contributed by atoms with Gasteiger partial charge in [0.05, 0.1) is 30.2 Å². The third kappa shape index (κ3) is 7.11. The summed E-state index contributed by atoms with van der Waals surface area (Å²) in [5.74, 6) is -3.35. The molecule has 3 heterocycles. The number of nitrogens with zero attached hydrogens (tertiary/aromatic N) is 4. The van der Waals surface area contributed by atoms with Gasteiger partial charge < -0.3 is 15.3 Å². The molecule has 44 heavy (non-hydrogen) atoms. The van der Waals surface area contributed by atoms with Gasteiger partial charge in [-0.2, -0.15) is 22.6 Å². The fraction of sp³-hybridized carbons (Fsp3) is 0.448. The second-order valence-electron chi connectivity index (χ2n) is 11.1. The lowest BCUT2D eigenvalue weighted by Gasteiger charge is -2.26. The van der Waals surface area contributed by atoms with Crippen LogP contribution in [0.1, 0.15) is 45.6 Å². The summed E-state index contributed by atoms with van der Waals surface area (Å²) in [5.41, 5.74) is 0.144. The molecule has 2 aliphatic heterocycles. The minimum Gasteiger partial charge on any atom is -0.390 e. The Bertz CT molecular complexity index is 1650. The summed E-state index contributed by atoms with van der Waals surface area (Å²) >= 11 is 0. The summed E-state index contributed by atoms with van der Waals surface area (Å²) in [5, 5.41) is 17.8. The van der Waals surface area contributed by atoms with E-state index >= 15 is 0 Å². The van der Waals surface area contributed by atoms with Crippen molar-refractivity contribution in [2.24, 2.45) is 0 Å². The number of rotatable bonds is 9. The van der Waals surface area contributed by atoms with Gasteiger partial charge in [-0.3, -0.25) is 9.48 Å². The lowest BCUT2D eigenvalue weighted by molar-refractivity contribution is -0.138. The SMILES string of the molecule is CS(=O)(=O)N1CCc2c(c(-c3ccc(C(F)(F)F)c(CNC(=O)c4ccc(F)c(F)c4)c3)nn2CC(O)CN2CCCC2)C1. The van der Waals surface area contributed by atoms with Gasteiger partial charge in [0.25, 0.3) is 5.91 Å². The minimum atomic E-state index is -4.77. The van der Waals surface area contributed by atoms with Gasteiger partial charge in [0.1, 0.15) is 0 Å². The standard InChI is InChI=1S/C29H32F5N5O4S/c1-44(42,43)38-11-8-26-22(17-38)27(36-39(26)16-21(40)15-37-9-2-3-10-37)18-4-6-23(29(32,33)34)20(12-18)14-35-28(41)19-5-7-24(30)25(31)13-19/h4-7,12-13,21,40H,2-3,8-11,14-17H2,1H3,(H,35,41). The first-order valence-corrected chi connectivity index (χ1v) is 15.9. The van der Waals surface area contributed by atoms with Crippen LogP contribution in [0.5, 0.6) is 0 Å². The van der Waals surface area contributed by atoms with Crippen LogP contribution in [0.25, 0.3) is 11.3 Å². The molecule has 15 heteroatoms. The van der Waals surface area contributed by atoms with E-state index in [1.54, 1.807) is 4.68 Å². The quantitative estimate of drug-likeness (QED) is 0.347. The number of carbonyl (C=O) groups is 1. The molecule has 9 nitrogen and oxygen atoms in total. The van der Waals surface area contributed by atoms with Crippen LogP contribution in [0.2, 0.25) is 0 Å². The number of amides is 1. The summed E-state index contributed by atoms with van der Waals surface area (Å²) in [6, 6.07) is 5.72. The minimum absolute atomic E-state index is 0.0467. The monoisotopic (exact) mass is 641 g/mol. The maximum Gasteiger partial charge on any atom is 0.416 e. The number of β-amino-alcohol motifs (C(OH)–C–C–N with tert-alkyl or cyclic N) is 1. The Kier molecular flexibility index (Phi) is 9.12. The van der Waals surface area contributed by atoms with E-state index in [-0.39, 0.29) is 42.0 Å². The Morgan fingerprint density at radius 1 is 1.05 bits per heavy atom. The van der Waals surface area contributed by atoms with Gasteiger partial charge in [-0.15, -0.1) is 0 Å². The number of nitrogens with one attached hydrogen (secondary N) is 1. The maximum atomic E-state index is 14.0. The van der Waals surface area contributed by atoms with Crippen LogP contribution < -0.4 is 5.32 Å². The summed E-state index contributed by atoms with van der Waals surface area (Å²) in [6.07, 6.45) is -2.07. The Labute approximate surface area is 251 Å². The smallest absolute Gasteiger partial charge is 0.390 e. The van der Waals surface area contributed by atoms with Crippen molar-refractivity contribution in [1.29, 1.82) is 0 Å². The van der Waals surface area contributed by atoms with Crippen molar-refractivity contribution >= 4 is 15.9 Å².